The van der Waals surface area contributed by atoms with Crippen molar-refractivity contribution in [1.29, 1.82) is 0 Å². The van der Waals surface area contributed by atoms with Crippen molar-refractivity contribution in [2.24, 2.45) is 0 Å². The highest BCUT2D eigenvalue weighted by atomic mass is 31.2. The van der Waals surface area contributed by atoms with Gasteiger partial charge < -0.3 is 19.2 Å². The summed E-state index contributed by atoms with van der Waals surface area (Å²) in [4.78, 5) is 30.2. The van der Waals surface area contributed by atoms with E-state index in [0.717, 1.165) is 31.5 Å². The lowest BCUT2D eigenvalue weighted by molar-refractivity contribution is -0.695. The van der Waals surface area contributed by atoms with Crippen molar-refractivity contribution in [2.45, 2.75) is 63.8 Å². The van der Waals surface area contributed by atoms with Crippen LogP contribution in [0.1, 0.15) is 51.0 Å². The van der Waals surface area contributed by atoms with Crippen LogP contribution in [-0.2, 0) is 22.1 Å². The predicted octanol–water partition coefficient (Wildman–Crippen LogP) is 2.65. The molecule has 24 heavy (non-hydrogen) atoms. The van der Waals surface area contributed by atoms with Gasteiger partial charge in [0, 0.05) is 18.3 Å². The normalized spacial score (nSPS) is 17.9. The molecule has 1 aromatic heterocycles. The number of pyridine rings is 1. The van der Waals surface area contributed by atoms with Gasteiger partial charge >= 0.3 is 0 Å². The second-order valence-electron chi connectivity index (χ2n) is 6.41. The van der Waals surface area contributed by atoms with E-state index in [9.17, 15) is 23.8 Å². The van der Waals surface area contributed by atoms with Crippen molar-refractivity contribution < 1.29 is 28.4 Å². The summed E-state index contributed by atoms with van der Waals surface area (Å²) in [6, 6.07) is 3.74. The molecule has 0 saturated carbocycles. The van der Waals surface area contributed by atoms with Crippen LogP contribution in [-0.4, -0.2) is 21.9 Å². The molecule has 0 aliphatic rings. The van der Waals surface area contributed by atoms with E-state index in [2.05, 4.69) is 6.92 Å². The maximum atomic E-state index is 11.8. The summed E-state index contributed by atoms with van der Waals surface area (Å²) in [6.07, 6.45) is 11.5. The van der Waals surface area contributed by atoms with Gasteiger partial charge in [0.25, 0.3) is 0 Å². The Morgan fingerprint density at radius 1 is 1.17 bits per heavy atom. The SMILES string of the molecule is CCCCCCCCc1ccc[n+](CC(P(C)(=O)O)P(=O)([O-])O)c1. The van der Waals surface area contributed by atoms with E-state index in [-0.39, 0.29) is 6.54 Å². The second kappa shape index (κ2) is 9.84. The predicted molar refractivity (Wildman–Crippen MR) is 93.1 cm³/mol. The molecule has 0 radical (unpaired) electrons. The fraction of sp³-hybridized carbons (Fsp3) is 0.688. The molecule has 0 saturated heterocycles. The van der Waals surface area contributed by atoms with E-state index < -0.39 is 20.4 Å². The number of aryl methyl sites for hydroxylation is 1. The van der Waals surface area contributed by atoms with Gasteiger partial charge in [-0.2, -0.15) is 0 Å². The fourth-order valence-corrected chi connectivity index (χ4v) is 5.71. The lowest BCUT2D eigenvalue weighted by atomic mass is 10.1. The number of nitrogens with zero attached hydrogens (tertiary/aromatic N) is 1. The first-order valence-electron chi connectivity index (χ1n) is 8.46. The monoisotopic (exact) mass is 377 g/mol. The Bertz CT molecular complexity index is 574. The van der Waals surface area contributed by atoms with E-state index in [1.807, 2.05) is 6.07 Å². The standard InChI is InChI=1S/C16H29NO5P2/c1-3-4-5-6-7-8-10-15-11-9-12-17(13-15)14-16(23(2,18)19)24(20,21)22/h9,11-13,16H,3-8,10,14H2,1-2H3,(H2-,18,19,20,21,22). The average Bonchev–Trinajstić information content (AvgIpc) is 2.46. The Labute approximate surface area is 144 Å². The maximum absolute atomic E-state index is 11.8. The first kappa shape index (κ1) is 21.5. The van der Waals surface area contributed by atoms with E-state index in [1.54, 1.807) is 23.0 Å². The molecule has 0 aliphatic carbocycles. The van der Waals surface area contributed by atoms with Crippen LogP contribution >= 0.6 is 15.0 Å². The van der Waals surface area contributed by atoms with Gasteiger partial charge in [0.1, 0.15) is 0 Å². The van der Waals surface area contributed by atoms with Crippen LogP contribution < -0.4 is 9.46 Å². The average molecular weight is 377 g/mol. The van der Waals surface area contributed by atoms with Crippen molar-refractivity contribution >= 4 is 15.0 Å². The van der Waals surface area contributed by atoms with Gasteiger partial charge in [-0.15, -0.1) is 0 Å². The minimum Gasteiger partial charge on any atom is -0.778 e. The van der Waals surface area contributed by atoms with Crippen LogP contribution in [0.15, 0.2) is 24.5 Å². The highest BCUT2D eigenvalue weighted by Crippen LogP contribution is 2.57. The lowest BCUT2D eigenvalue weighted by Crippen LogP contribution is -2.40. The minimum absolute atomic E-state index is 0.230. The third-order valence-electron chi connectivity index (χ3n) is 4.04. The van der Waals surface area contributed by atoms with Gasteiger partial charge in [-0.3, -0.25) is 4.57 Å². The fourth-order valence-electron chi connectivity index (χ4n) is 2.66. The van der Waals surface area contributed by atoms with Crippen LogP contribution in [0, 0.1) is 0 Å². The number of aromatic nitrogens is 1. The molecule has 6 nitrogen and oxygen atoms in total. The molecule has 3 unspecified atom stereocenters. The van der Waals surface area contributed by atoms with Crippen LogP contribution in [0.3, 0.4) is 0 Å². The minimum atomic E-state index is -4.90. The van der Waals surface area contributed by atoms with Crippen LogP contribution in [0.25, 0.3) is 0 Å². The molecule has 0 fully saturated rings. The molecule has 1 aromatic rings. The van der Waals surface area contributed by atoms with E-state index in [1.165, 1.54) is 25.7 Å². The Hall–Kier alpha value is -0.510. The third kappa shape index (κ3) is 8.04. The molecular weight excluding hydrogens is 348 g/mol. The maximum Gasteiger partial charge on any atom is 0.215 e. The quantitative estimate of drug-likeness (QED) is 0.351. The molecule has 8 heteroatoms. The molecule has 2 N–H and O–H groups in total. The lowest BCUT2D eigenvalue weighted by Gasteiger charge is -2.26. The van der Waals surface area contributed by atoms with Gasteiger partial charge in [-0.05, 0) is 18.9 Å². The van der Waals surface area contributed by atoms with Gasteiger partial charge in [-0.1, -0.05) is 39.0 Å². The molecule has 0 bridgehead atoms. The van der Waals surface area contributed by atoms with Crippen molar-refractivity contribution in [2.75, 3.05) is 6.66 Å². The molecule has 138 valence electrons. The molecule has 1 heterocycles. The Morgan fingerprint density at radius 2 is 1.79 bits per heavy atom. The zero-order valence-electron chi connectivity index (χ0n) is 14.5. The summed E-state index contributed by atoms with van der Waals surface area (Å²) < 4.78 is 24.7. The Kier molecular flexibility index (Phi) is 8.83. The largest absolute Gasteiger partial charge is 0.778 e. The Morgan fingerprint density at radius 3 is 2.38 bits per heavy atom. The molecule has 0 aliphatic heterocycles. The highest BCUT2D eigenvalue weighted by molar-refractivity contribution is 7.72. The van der Waals surface area contributed by atoms with E-state index >= 15 is 0 Å². The molecule has 1 rings (SSSR count). The van der Waals surface area contributed by atoms with Gasteiger partial charge in [-0.25, -0.2) is 4.57 Å². The second-order valence-corrected chi connectivity index (χ2v) is 11.1. The van der Waals surface area contributed by atoms with Crippen LogP contribution in [0.4, 0.5) is 0 Å². The van der Waals surface area contributed by atoms with Gasteiger partial charge in [0.15, 0.2) is 31.9 Å². The smallest absolute Gasteiger partial charge is 0.215 e. The first-order chi connectivity index (χ1) is 11.1. The summed E-state index contributed by atoms with van der Waals surface area (Å²) >= 11 is 0. The van der Waals surface area contributed by atoms with Crippen LogP contribution in [0.2, 0.25) is 0 Å². The van der Waals surface area contributed by atoms with Crippen molar-refractivity contribution in [3.05, 3.63) is 30.1 Å². The molecule has 0 amide bonds. The van der Waals surface area contributed by atoms with E-state index in [4.69, 9.17) is 0 Å². The summed E-state index contributed by atoms with van der Waals surface area (Å²) in [7, 11) is -8.86. The van der Waals surface area contributed by atoms with E-state index in [0.29, 0.717) is 0 Å². The van der Waals surface area contributed by atoms with Crippen molar-refractivity contribution in [3.8, 4) is 0 Å². The summed E-state index contributed by atoms with van der Waals surface area (Å²) in [5.41, 5.74) is 1.05. The number of hydrogen-bond donors (Lipinski definition) is 2. The van der Waals surface area contributed by atoms with Gasteiger partial charge in [0.05, 0.1) is 0 Å². The Balaban J connectivity index is 2.64. The molecule has 3 atom stereocenters. The topological polar surface area (TPSA) is 102 Å². The zero-order valence-corrected chi connectivity index (χ0v) is 16.3. The highest BCUT2D eigenvalue weighted by Gasteiger charge is 2.37. The van der Waals surface area contributed by atoms with Crippen molar-refractivity contribution in [1.82, 2.24) is 0 Å². The molecule has 0 spiro atoms. The first-order valence-corrected chi connectivity index (χ1v) is 12.3. The number of hydrogen-bond acceptors (Lipinski definition) is 3. The third-order valence-corrected chi connectivity index (χ3v) is 8.39. The molecular formula is C16H29NO5P2. The molecule has 0 aromatic carbocycles. The zero-order chi connectivity index (χ0) is 18.2. The van der Waals surface area contributed by atoms with Crippen molar-refractivity contribution in [3.63, 3.8) is 0 Å². The number of rotatable bonds is 11. The van der Waals surface area contributed by atoms with Crippen LogP contribution in [0.5, 0.6) is 0 Å². The summed E-state index contributed by atoms with van der Waals surface area (Å²) in [5.74, 6) is 0. The van der Waals surface area contributed by atoms with Gasteiger partial charge in [0.2, 0.25) is 7.37 Å². The summed E-state index contributed by atoms with van der Waals surface area (Å²) in [5, 5.41) is -1.68. The summed E-state index contributed by atoms with van der Waals surface area (Å²) in [6.45, 7) is 2.91. The number of unbranched alkanes of at least 4 members (excludes halogenated alkanes) is 5.